The molecule has 3 rings (SSSR count). The van der Waals surface area contributed by atoms with Crippen LogP contribution in [0.2, 0.25) is 0 Å². The van der Waals surface area contributed by atoms with Crippen molar-refractivity contribution < 1.29 is 4.74 Å². The molecule has 0 saturated carbocycles. The second-order valence-electron chi connectivity index (χ2n) is 4.75. The summed E-state index contributed by atoms with van der Waals surface area (Å²) in [5, 5.41) is 0. The minimum Gasteiger partial charge on any atom is -0.379 e. The maximum Gasteiger partial charge on any atom is 0.0625 e. The Labute approximate surface area is 85.0 Å². The Morgan fingerprint density at radius 1 is 1.46 bits per heavy atom. The molecule has 0 aromatic rings. The van der Waals surface area contributed by atoms with Gasteiger partial charge in [0.05, 0.1) is 13.2 Å². The zero-order valence-electron chi connectivity index (χ0n) is 7.91. The first-order chi connectivity index (χ1) is 6.36. The van der Waals surface area contributed by atoms with Crippen molar-refractivity contribution >= 4 is 12.6 Å². The van der Waals surface area contributed by atoms with Crippen molar-refractivity contribution in [2.24, 2.45) is 5.92 Å². The van der Waals surface area contributed by atoms with E-state index in [4.69, 9.17) is 4.74 Å². The molecule has 0 spiro atoms. The Morgan fingerprint density at radius 3 is 3.23 bits per heavy atom. The lowest BCUT2D eigenvalue weighted by Gasteiger charge is -2.33. The summed E-state index contributed by atoms with van der Waals surface area (Å²) in [6.07, 6.45) is 4.06. The van der Waals surface area contributed by atoms with Gasteiger partial charge >= 0.3 is 0 Å². The molecule has 3 heterocycles. The largest absolute Gasteiger partial charge is 0.379 e. The molecule has 0 N–H and O–H groups in total. The van der Waals surface area contributed by atoms with E-state index in [9.17, 15) is 0 Å². The number of ether oxygens (including phenoxy) is 1. The molecule has 74 valence electrons. The first kappa shape index (κ1) is 8.57. The highest BCUT2D eigenvalue weighted by molar-refractivity contribution is 7.80. The number of thiol groups is 1. The van der Waals surface area contributed by atoms with Gasteiger partial charge in [-0.25, -0.2) is 0 Å². The minimum atomic E-state index is 0.461. The molecule has 0 radical (unpaired) electrons. The van der Waals surface area contributed by atoms with Gasteiger partial charge in [-0.1, -0.05) is 0 Å². The number of fused-ring (bicyclic) bond motifs is 3. The zero-order valence-corrected chi connectivity index (χ0v) is 8.80. The highest BCUT2D eigenvalue weighted by Gasteiger charge is 2.54. The molecule has 3 heteroatoms. The summed E-state index contributed by atoms with van der Waals surface area (Å²) < 4.78 is 5.54. The lowest BCUT2D eigenvalue weighted by molar-refractivity contribution is 0.108. The lowest BCUT2D eigenvalue weighted by atomic mass is 9.91. The van der Waals surface area contributed by atoms with E-state index in [1.54, 1.807) is 0 Å². The predicted octanol–water partition coefficient (Wildman–Crippen LogP) is 1.17. The van der Waals surface area contributed by atoms with Gasteiger partial charge < -0.3 is 4.74 Å². The zero-order chi connectivity index (χ0) is 8.89. The summed E-state index contributed by atoms with van der Waals surface area (Å²) in [5.74, 6) is 1.85. The van der Waals surface area contributed by atoms with Gasteiger partial charge in [-0.15, -0.1) is 0 Å². The number of hydrogen-bond donors (Lipinski definition) is 1. The fourth-order valence-electron chi connectivity index (χ4n) is 3.55. The van der Waals surface area contributed by atoms with Gasteiger partial charge in [-0.2, -0.15) is 12.6 Å². The van der Waals surface area contributed by atoms with Crippen LogP contribution in [0.4, 0.5) is 0 Å². The Balaban J connectivity index is 1.89. The van der Waals surface area contributed by atoms with Crippen molar-refractivity contribution in [3.63, 3.8) is 0 Å². The molecular weight excluding hydrogens is 182 g/mol. The van der Waals surface area contributed by atoms with Gasteiger partial charge in [0.25, 0.3) is 0 Å². The van der Waals surface area contributed by atoms with Gasteiger partial charge in [-0.05, 0) is 25.8 Å². The number of hydrogen-bond acceptors (Lipinski definition) is 3. The van der Waals surface area contributed by atoms with Crippen molar-refractivity contribution in [2.75, 3.05) is 25.5 Å². The maximum absolute atomic E-state index is 5.54. The van der Waals surface area contributed by atoms with E-state index in [1.807, 2.05) is 0 Å². The summed E-state index contributed by atoms with van der Waals surface area (Å²) in [5.41, 5.74) is 0.461. The van der Waals surface area contributed by atoms with Crippen molar-refractivity contribution in [1.29, 1.82) is 0 Å². The first-order valence-electron chi connectivity index (χ1n) is 5.31. The molecule has 0 aromatic carbocycles. The summed E-state index contributed by atoms with van der Waals surface area (Å²) in [7, 11) is 0. The lowest BCUT2D eigenvalue weighted by Crippen LogP contribution is -2.44. The smallest absolute Gasteiger partial charge is 0.0625 e. The van der Waals surface area contributed by atoms with Gasteiger partial charge in [-0.3, -0.25) is 4.90 Å². The molecule has 0 aliphatic carbocycles. The van der Waals surface area contributed by atoms with Crippen molar-refractivity contribution in [3.8, 4) is 0 Å². The average molecular weight is 199 g/mol. The quantitative estimate of drug-likeness (QED) is 0.636. The minimum absolute atomic E-state index is 0.461. The van der Waals surface area contributed by atoms with Crippen molar-refractivity contribution in [2.45, 2.75) is 30.8 Å². The topological polar surface area (TPSA) is 12.5 Å². The molecule has 3 fully saturated rings. The van der Waals surface area contributed by atoms with E-state index < -0.39 is 0 Å². The highest BCUT2D eigenvalue weighted by Crippen LogP contribution is 2.47. The number of nitrogens with zero attached hydrogens (tertiary/aromatic N) is 1. The Bertz CT molecular complexity index is 223. The molecule has 3 aliphatic rings. The van der Waals surface area contributed by atoms with Crippen molar-refractivity contribution in [3.05, 3.63) is 0 Å². The van der Waals surface area contributed by atoms with E-state index in [0.717, 1.165) is 30.9 Å². The molecule has 2 nitrogen and oxygen atoms in total. The van der Waals surface area contributed by atoms with Gasteiger partial charge in [0.2, 0.25) is 0 Å². The van der Waals surface area contributed by atoms with E-state index in [-0.39, 0.29) is 0 Å². The Morgan fingerprint density at radius 2 is 2.38 bits per heavy atom. The molecule has 0 amide bonds. The third-order valence-corrected chi connectivity index (χ3v) is 4.74. The fourth-order valence-corrected chi connectivity index (χ4v) is 4.01. The first-order valence-corrected chi connectivity index (χ1v) is 5.94. The third kappa shape index (κ3) is 1.04. The summed E-state index contributed by atoms with van der Waals surface area (Å²) >= 11 is 4.54. The number of rotatable bonds is 1. The SMILES string of the molecule is SCC12CCCN1C1COCC1C2. The van der Waals surface area contributed by atoms with E-state index >= 15 is 0 Å². The Kier molecular flexibility index (Phi) is 1.90. The normalized spacial score (nSPS) is 49.6. The molecule has 0 aromatic heterocycles. The fraction of sp³-hybridized carbons (Fsp3) is 1.00. The monoisotopic (exact) mass is 199 g/mol. The van der Waals surface area contributed by atoms with E-state index in [1.165, 1.54) is 25.8 Å². The molecule has 0 bridgehead atoms. The van der Waals surface area contributed by atoms with Crippen LogP contribution >= 0.6 is 12.6 Å². The van der Waals surface area contributed by atoms with Crippen LogP contribution in [0.15, 0.2) is 0 Å². The molecule has 13 heavy (non-hydrogen) atoms. The maximum atomic E-state index is 5.54. The van der Waals surface area contributed by atoms with Crippen LogP contribution in [0.25, 0.3) is 0 Å². The molecule has 3 atom stereocenters. The third-order valence-electron chi connectivity index (χ3n) is 4.15. The standard InChI is InChI=1S/C10H17NOS/c13-7-10-2-1-3-11(10)9-6-12-5-8(9)4-10/h8-9,13H,1-7H2. The van der Waals surface area contributed by atoms with Gasteiger partial charge in [0.1, 0.15) is 0 Å². The van der Waals surface area contributed by atoms with Crippen LogP contribution in [0.5, 0.6) is 0 Å². The van der Waals surface area contributed by atoms with E-state index in [2.05, 4.69) is 17.5 Å². The second-order valence-corrected chi connectivity index (χ2v) is 5.06. The van der Waals surface area contributed by atoms with Crippen LogP contribution in [0.3, 0.4) is 0 Å². The Hall–Kier alpha value is 0.270. The molecule has 3 saturated heterocycles. The van der Waals surface area contributed by atoms with E-state index in [0.29, 0.717) is 5.54 Å². The summed E-state index contributed by atoms with van der Waals surface area (Å²) in [4.78, 5) is 2.69. The van der Waals surface area contributed by atoms with Gasteiger partial charge in [0.15, 0.2) is 0 Å². The van der Waals surface area contributed by atoms with Crippen LogP contribution in [0, 0.1) is 5.92 Å². The van der Waals surface area contributed by atoms with Gasteiger partial charge in [0, 0.05) is 23.3 Å². The molecular formula is C10H17NOS. The summed E-state index contributed by atoms with van der Waals surface area (Å²) in [6.45, 7) is 3.25. The molecule has 3 unspecified atom stereocenters. The van der Waals surface area contributed by atoms with Crippen LogP contribution in [0.1, 0.15) is 19.3 Å². The van der Waals surface area contributed by atoms with Crippen LogP contribution in [-0.2, 0) is 4.74 Å². The molecule has 3 aliphatic heterocycles. The highest BCUT2D eigenvalue weighted by atomic mass is 32.1. The van der Waals surface area contributed by atoms with Crippen LogP contribution in [-0.4, -0.2) is 42.0 Å². The van der Waals surface area contributed by atoms with Crippen molar-refractivity contribution in [1.82, 2.24) is 4.90 Å². The second kappa shape index (κ2) is 2.88. The summed E-state index contributed by atoms with van der Waals surface area (Å²) in [6, 6.07) is 0.731. The predicted molar refractivity (Wildman–Crippen MR) is 55.2 cm³/mol. The average Bonchev–Trinajstić information content (AvgIpc) is 2.72. The van der Waals surface area contributed by atoms with Crippen LogP contribution < -0.4 is 0 Å².